The second kappa shape index (κ2) is 23.9. The standard InChI is InChI=1S/C8H10N2O2.C8H11NO.C2H5NO.2C2H6/c1-2-12-7-3-6(8(9)11)4-10-5-7;1-3-10-8-6-4-5-7(2)9-8;1-3-2-4;2*1-2/h3-5H,2H2,1H3,(H2,9,11);4-6H,3H2,1-2H3;2H,1H3,(H,3,4);2*1-2H3. The van der Waals surface area contributed by atoms with Crippen LogP contribution in [0.2, 0.25) is 0 Å². The first kappa shape index (κ1) is 31.5. The van der Waals surface area contributed by atoms with Gasteiger partial charge in [-0.1, -0.05) is 33.8 Å². The van der Waals surface area contributed by atoms with Crippen molar-refractivity contribution in [1.82, 2.24) is 15.3 Å². The number of carbonyl (C=O) groups excluding carboxylic acids is 2. The van der Waals surface area contributed by atoms with Crippen LogP contribution in [0, 0.1) is 6.92 Å². The molecule has 0 atom stereocenters. The van der Waals surface area contributed by atoms with Crippen LogP contribution >= 0.6 is 0 Å². The molecule has 0 saturated heterocycles. The maximum atomic E-state index is 10.7. The van der Waals surface area contributed by atoms with Crippen LogP contribution in [0.1, 0.15) is 57.6 Å². The van der Waals surface area contributed by atoms with Crippen LogP contribution in [0.15, 0.2) is 36.7 Å². The monoisotopic (exact) mass is 422 g/mol. The fourth-order valence-corrected chi connectivity index (χ4v) is 1.55. The van der Waals surface area contributed by atoms with Crippen molar-refractivity contribution in [2.45, 2.75) is 48.5 Å². The lowest BCUT2D eigenvalue weighted by Crippen LogP contribution is -2.11. The van der Waals surface area contributed by atoms with Gasteiger partial charge in [0.2, 0.25) is 18.2 Å². The molecule has 0 aliphatic carbocycles. The van der Waals surface area contributed by atoms with Gasteiger partial charge in [0.05, 0.1) is 25.0 Å². The average molecular weight is 423 g/mol. The predicted molar refractivity (Wildman–Crippen MR) is 122 cm³/mol. The summed E-state index contributed by atoms with van der Waals surface area (Å²) >= 11 is 0. The molecule has 0 aromatic carbocycles. The van der Waals surface area contributed by atoms with Gasteiger partial charge in [0.15, 0.2) is 0 Å². The zero-order valence-corrected chi connectivity index (χ0v) is 19.6. The van der Waals surface area contributed by atoms with E-state index in [4.69, 9.17) is 20.0 Å². The molecular weight excluding hydrogens is 384 g/mol. The second-order valence-corrected chi connectivity index (χ2v) is 4.66. The van der Waals surface area contributed by atoms with Crippen LogP contribution < -0.4 is 20.5 Å². The zero-order chi connectivity index (χ0) is 23.8. The number of amides is 2. The summed E-state index contributed by atoms with van der Waals surface area (Å²) in [6.45, 7) is 15.0. The highest BCUT2D eigenvalue weighted by atomic mass is 16.5. The summed E-state index contributed by atoms with van der Waals surface area (Å²) in [6, 6.07) is 7.31. The lowest BCUT2D eigenvalue weighted by molar-refractivity contribution is -0.109. The minimum atomic E-state index is -0.496. The number of nitrogens with two attached hydrogens (primary N) is 1. The number of hydrogen-bond donors (Lipinski definition) is 2. The van der Waals surface area contributed by atoms with Gasteiger partial charge in [-0.25, -0.2) is 4.98 Å². The number of primary amides is 1. The van der Waals surface area contributed by atoms with Crippen molar-refractivity contribution >= 4 is 12.3 Å². The highest BCUT2D eigenvalue weighted by Gasteiger charge is 2.01. The predicted octanol–water partition coefficient (Wildman–Crippen LogP) is 3.78. The molecule has 2 rings (SSSR count). The van der Waals surface area contributed by atoms with E-state index in [9.17, 15) is 4.79 Å². The van der Waals surface area contributed by atoms with Gasteiger partial charge in [-0.05, 0) is 32.9 Å². The van der Waals surface area contributed by atoms with E-state index in [-0.39, 0.29) is 0 Å². The van der Waals surface area contributed by atoms with Gasteiger partial charge in [-0.2, -0.15) is 0 Å². The number of ether oxygens (including phenoxy) is 2. The van der Waals surface area contributed by atoms with E-state index in [2.05, 4.69) is 15.3 Å². The number of nitrogens with one attached hydrogen (secondary N) is 1. The first-order valence-corrected chi connectivity index (χ1v) is 10.0. The Morgan fingerprint density at radius 3 is 2.10 bits per heavy atom. The second-order valence-electron chi connectivity index (χ2n) is 4.66. The van der Waals surface area contributed by atoms with Gasteiger partial charge in [0.1, 0.15) is 5.75 Å². The SMILES string of the molecule is CC.CC.CCOc1cccc(C)n1.CCOc1cncc(C(N)=O)c1.CNC=O. The minimum Gasteiger partial charge on any atom is -0.492 e. The highest BCUT2D eigenvalue weighted by molar-refractivity contribution is 5.92. The smallest absolute Gasteiger partial charge is 0.250 e. The Hall–Kier alpha value is -3.16. The van der Waals surface area contributed by atoms with Crippen LogP contribution in [0.4, 0.5) is 0 Å². The van der Waals surface area contributed by atoms with Gasteiger partial charge < -0.3 is 20.5 Å². The van der Waals surface area contributed by atoms with E-state index < -0.39 is 5.91 Å². The molecule has 2 amide bonds. The summed E-state index contributed by atoms with van der Waals surface area (Å²) in [6.07, 6.45) is 3.57. The Labute approximate surface area is 181 Å². The molecule has 2 aromatic heterocycles. The zero-order valence-electron chi connectivity index (χ0n) is 19.6. The average Bonchev–Trinajstić information content (AvgIpc) is 2.78. The molecule has 3 N–H and O–H groups in total. The summed E-state index contributed by atoms with van der Waals surface area (Å²) in [7, 11) is 1.56. The summed E-state index contributed by atoms with van der Waals surface area (Å²) in [5.41, 5.74) is 6.40. The van der Waals surface area contributed by atoms with Crippen LogP contribution in [0.5, 0.6) is 11.6 Å². The third-order valence-electron chi connectivity index (χ3n) is 2.58. The van der Waals surface area contributed by atoms with Crippen LogP contribution in [-0.4, -0.2) is 42.5 Å². The van der Waals surface area contributed by atoms with Crippen molar-refractivity contribution in [3.63, 3.8) is 0 Å². The molecule has 8 heteroatoms. The first-order valence-electron chi connectivity index (χ1n) is 10.0. The van der Waals surface area contributed by atoms with Gasteiger partial charge in [0, 0.05) is 25.0 Å². The minimum absolute atomic E-state index is 0.362. The Balaban J connectivity index is -0.000000365. The van der Waals surface area contributed by atoms with Crippen molar-refractivity contribution in [2.24, 2.45) is 5.73 Å². The summed E-state index contributed by atoms with van der Waals surface area (Å²) < 4.78 is 10.3. The molecule has 2 heterocycles. The lowest BCUT2D eigenvalue weighted by Gasteiger charge is -2.02. The van der Waals surface area contributed by atoms with Crippen LogP contribution in [0.3, 0.4) is 0 Å². The van der Waals surface area contributed by atoms with E-state index in [0.717, 1.165) is 5.69 Å². The maximum absolute atomic E-state index is 10.7. The number of carbonyl (C=O) groups is 2. The molecule has 0 aliphatic rings. The molecule has 30 heavy (non-hydrogen) atoms. The largest absolute Gasteiger partial charge is 0.492 e. The number of nitrogens with zero attached hydrogens (tertiary/aromatic N) is 2. The van der Waals surface area contributed by atoms with E-state index in [0.29, 0.717) is 36.8 Å². The molecule has 0 aliphatic heterocycles. The third-order valence-corrected chi connectivity index (χ3v) is 2.58. The summed E-state index contributed by atoms with van der Waals surface area (Å²) in [4.78, 5) is 27.7. The normalized spacial score (nSPS) is 8.00. The fraction of sp³-hybridized carbons (Fsp3) is 0.455. The van der Waals surface area contributed by atoms with Crippen molar-refractivity contribution in [3.05, 3.63) is 47.9 Å². The molecule has 0 fully saturated rings. The molecule has 0 radical (unpaired) electrons. The molecule has 0 unspecified atom stereocenters. The van der Waals surface area contributed by atoms with Gasteiger partial charge in [-0.3, -0.25) is 14.6 Å². The molecule has 0 spiro atoms. The fourth-order valence-electron chi connectivity index (χ4n) is 1.55. The van der Waals surface area contributed by atoms with Crippen LogP contribution in [0.25, 0.3) is 0 Å². The Morgan fingerprint density at radius 2 is 1.67 bits per heavy atom. The van der Waals surface area contributed by atoms with Crippen molar-refractivity contribution in [1.29, 1.82) is 0 Å². The number of rotatable bonds is 6. The Kier molecular flexibility index (Phi) is 25.1. The lowest BCUT2D eigenvalue weighted by atomic mass is 10.3. The molecular formula is C22H38N4O4. The van der Waals surface area contributed by atoms with Gasteiger partial charge >= 0.3 is 0 Å². The number of aromatic nitrogens is 2. The molecule has 170 valence electrons. The summed E-state index contributed by atoms with van der Waals surface area (Å²) in [5, 5.41) is 2.25. The topological polar surface area (TPSA) is 116 Å². The third kappa shape index (κ3) is 18.2. The maximum Gasteiger partial charge on any atom is 0.250 e. The quantitative estimate of drug-likeness (QED) is 0.684. The van der Waals surface area contributed by atoms with Crippen molar-refractivity contribution < 1.29 is 19.1 Å². The van der Waals surface area contributed by atoms with Crippen molar-refractivity contribution in [2.75, 3.05) is 20.3 Å². The van der Waals surface area contributed by atoms with Gasteiger partial charge in [0.25, 0.3) is 0 Å². The number of aryl methyl sites for hydroxylation is 1. The van der Waals surface area contributed by atoms with Crippen molar-refractivity contribution in [3.8, 4) is 11.6 Å². The van der Waals surface area contributed by atoms with E-state index >= 15 is 0 Å². The highest BCUT2D eigenvalue weighted by Crippen LogP contribution is 2.10. The Morgan fingerprint density at radius 1 is 1.10 bits per heavy atom. The number of hydrogen-bond acceptors (Lipinski definition) is 6. The molecule has 8 nitrogen and oxygen atoms in total. The molecule has 0 bridgehead atoms. The van der Waals surface area contributed by atoms with E-state index in [1.807, 2.05) is 66.7 Å². The number of pyridine rings is 2. The van der Waals surface area contributed by atoms with Gasteiger partial charge in [-0.15, -0.1) is 0 Å². The van der Waals surface area contributed by atoms with Crippen LogP contribution in [-0.2, 0) is 4.79 Å². The summed E-state index contributed by atoms with van der Waals surface area (Å²) in [5.74, 6) is 0.778. The van der Waals surface area contributed by atoms with E-state index in [1.165, 1.54) is 12.4 Å². The molecule has 2 aromatic rings. The Bertz CT molecular complexity index is 667. The first-order chi connectivity index (χ1) is 14.5. The molecule has 0 saturated carbocycles. The van der Waals surface area contributed by atoms with E-state index in [1.54, 1.807) is 13.1 Å².